The van der Waals surface area contributed by atoms with Gasteiger partial charge in [-0.1, -0.05) is 54.1 Å². The number of nitrogens with zero attached hydrogens (tertiary/aromatic N) is 4. The summed E-state index contributed by atoms with van der Waals surface area (Å²) >= 11 is 6.33. The van der Waals surface area contributed by atoms with Crippen LogP contribution in [0.15, 0.2) is 54.6 Å². The molecule has 138 valence electrons. The molecule has 1 saturated heterocycles. The number of anilines is 1. The first-order chi connectivity index (χ1) is 13.2. The summed E-state index contributed by atoms with van der Waals surface area (Å²) in [7, 11) is 0. The molecule has 27 heavy (non-hydrogen) atoms. The predicted molar refractivity (Wildman–Crippen MR) is 105 cm³/mol. The summed E-state index contributed by atoms with van der Waals surface area (Å²) in [6.45, 7) is 2.65. The summed E-state index contributed by atoms with van der Waals surface area (Å²) in [5.74, 6) is 0.660. The summed E-state index contributed by atoms with van der Waals surface area (Å²) in [6, 6.07) is 17.3. The van der Waals surface area contributed by atoms with Crippen molar-refractivity contribution in [3.05, 3.63) is 65.3 Å². The highest BCUT2D eigenvalue weighted by molar-refractivity contribution is 6.32. The number of hydrogen-bond donors (Lipinski definition) is 0. The summed E-state index contributed by atoms with van der Waals surface area (Å²) < 4.78 is 5.40. The van der Waals surface area contributed by atoms with Gasteiger partial charge in [0.2, 0.25) is 0 Å². The number of rotatable bonds is 3. The minimum atomic E-state index is -0.297. The smallest absolute Gasteiger partial charge is 0.410 e. The van der Waals surface area contributed by atoms with E-state index in [1.54, 1.807) is 4.90 Å². The molecule has 1 aliphatic rings. The van der Waals surface area contributed by atoms with Crippen molar-refractivity contribution in [2.24, 2.45) is 0 Å². The number of para-hydroxylation sites is 2. The van der Waals surface area contributed by atoms with Gasteiger partial charge in [-0.2, -0.15) is 0 Å². The molecule has 2 heterocycles. The Morgan fingerprint density at radius 3 is 2.26 bits per heavy atom. The molecule has 0 N–H and O–H groups in total. The molecule has 0 saturated carbocycles. The summed E-state index contributed by atoms with van der Waals surface area (Å²) in [5.41, 5.74) is 2.55. The molecule has 0 spiro atoms. The van der Waals surface area contributed by atoms with Crippen molar-refractivity contribution in [3.63, 3.8) is 0 Å². The fourth-order valence-corrected chi connectivity index (χ4v) is 3.33. The lowest BCUT2D eigenvalue weighted by atomic mass is 10.2. The fraction of sp³-hybridized carbons (Fsp3) is 0.250. The lowest BCUT2D eigenvalue weighted by Gasteiger charge is -2.35. The monoisotopic (exact) mass is 382 g/mol. The van der Waals surface area contributed by atoms with Gasteiger partial charge in [0.1, 0.15) is 6.61 Å². The van der Waals surface area contributed by atoms with Crippen LogP contribution in [0.4, 0.5) is 10.6 Å². The first-order valence-electron chi connectivity index (χ1n) is 8.83. The Balaban J connectivity index is 1.37. The van der Waals surface area contributed by atoms with Crippen molar-refractivity contribution >= 4 is 34.5 Å². The third-order valence-corrected chi connectivity index (χ3v) is 4.81. The molecule has 7 heteroatoms. The van der Waals surface area contributed by atoms with E-state index in [1.807, 2.05) is 54.6 Å². The number of hydrogen-bond acceptors (Lipinski definition) is 5. The molecule has 6 nitrogen and oxygen atoms in total. The molecule has 0 atom stereocenters. The van der Waals surface area contributed by atoms with Crippen LogP contribution in [0.2, 0.25) is 5.15 Å². The molecule has 0 aliphatic carbocycles. The Bertz CT molecular complexity index is 943. The Labute approximate surface area is 162 Å². The lowest BCUT2D eigenvalue weighted by molar-refractivity contribution is 0.0941. The van der Waals surface area contributed by atoms with Gasteiger partial charge in [0.15, 0.2) is 11.0 Å². The maximum absolute atomic E-state index is 12.3. The van der Waals surface area contributed by atoms with Gasteiger partial charge in [0, 0.05) is 26.2 Å². The largest absolute Gasteiger partial charge is 0.445 e. The number of piperazine rings is 1. The van der Waals surface area contributed by atoms with E-state index >= 15 is 0 Å². The molecule has 3 aromatic rings. The average molecular weight is 383 g/mol. The molecule has 2 aromatic carbocycles. The quantitative estimate of drug-likeness (QED) is 0.690. The second-order valence-electron chi connectivity index (χ2n) is 6.34. The highest BCUT2D eigenvalue weighted by Gasteiger charge is 2.24. The van der Waals surface area contributed by atoms with Crippen LogP contribution in [-0.2, 0) is 11.3 Å². The number of amides is 1. The Kier molecular flexibility index (Phi) is 5.07. The van der Waals surface area contributed by atoms with Gasteiger partial charge in [0.25, 0.3) is 0 Å². The molecular formula is C20H19ClN4O2. The summed E-state index contributed by atoms with van der Waals surface area (Å²) in [4.78, 5) is 25.1. The highest BCUT2D eigenvalue weighted by Crippen LogP contribution is 2.25. The molecular weight excluding hydrogens is 364 g/mol. The van der Waals surface area contributed by atoms with Gasteiger partial charge in [-0.25, -0.2) is 14.8 Å². The molecule has 0 unspecified atom stereocenters. The van der Waals surface area contributed by atoms with E-state index < -0.39 is 0 Å². The van der Waals surface area contributed by atoms with Gasteiger partial charge in [-0.05, 0) is 17.7 Å². The third-order valence-electron chi connectivity index (χ3n) is 4.55. The number of halogens is 1. The number of carbonyl (C=O) groups excluding carboxylic acids is 1. The van der Waals surface area contributed by atoms with Crippen molar-refractivity contribution in [1.29, 1.82) is 0 Å². The Morgan fingerprint density at radius 2 is 1.56 bits per heavy atom. The van der Waals surface area contributed by atoms with E-state index in [-0.39, 0.29) is 12.7 Å². The van der Waals surface area contributed by atoms with Gasteiger partial charge in [0.05, 0.1) is 11.0 Å². The van der Waals surface area contributed by atoms with E-state index in [1.165, 1.54) is 0 Å². The first-order valence-corrected chi connectivity index (χ1v) is 9.21. The minimum Gasteiger partial charge on any atom is -0.445 e. The Hall–Kier alpha value is -2.86. The zero-order valence-electron chi connectivity index (χ0n) is 14.7. The van der Waals surface area contributed by atoms with Crippen molar-refractivity contribution in [3.8, 4) is 0 Å². The van der Waals surface area contributed by atoms with Crippen molar-refractivity contribution in [2.75, 3.05) is 31.1 Å². The Morgan fingerprint density at radius 1 is 0.926 bits per heavy atom. The second-order valence-corrected chi connectivity index (χ2v) is 6.70. The normalized spacial score (nSPS) is 14.4. The van der Waals surface area contributed by atoms with Gasteiger partial charge in [-0.15, -0.1) is 0 Å². The first kappa shape index (κ1) is 17.5. The van der Waals surface area contributed by atoms with Crippen LogP contribution in [0.5, 0.6) is 0 Å². The zero-order chi connectivity index (χ0) is 18.6. The number of benzene rings is 2. The van der Waals surface area contributed by atoms with Crippen LogP contribution < -0.4 is 4.90 Å². The molecule has 4 rings (SSSR count). The predicted octanol–water partition coefficient (Wildman–Crippen LogP) is 3.74. The van der Waals surface area contributed by atoms with Crippen LogP contribution in [-0.4, -0.2) is 47.1 Å². The van der Waals surface area contributed by atoms with Gasteiger partial charge in [-0.3, -0.25) is 0 Å². The van der Waals surface area contributed by atoms with Gasteiger partial charge >= 0.3 is 6.09 Å². The number of aromatic nitrogens is 2. The standard InChI is InChI=1S/C20H19ClN4O2/c21-18-19(23-17-9-5-4-8-16(17)22-18)24-10-12-25(13-11-24)20(26)27-14-15-6-2-1-3-7-15/h1-9H,10-14H2. The lowest BCUT2D eigenvalue weighted by Crippen LogP contribution is -2.49. The van der Waals surface area contributed by atoms with Crippen molar-refractivity contribution in [2.45, 2.75) is 6.61 Å². The molecule has 1 aromatic heterocycles. The summed E-state index contributed by atoms with van der Waals surface area (Å²) in [6.07, 6.45) is -0.297. The van der Waals surface area contributed by atoms with Gasteiger partial charge < -0.3 is 14.5 Å². The van der Waals surface area contributed by atoms with Crippen molar-refractivity contribution < 1.29 is 9.53 Å². The SMILES string of the molecule is O=C(OCc1ccccc1)N1CCN(c2nc3ccccc3nc2Cl)CC1. The topological polar surface area (TPSA) is 58.6 Å². The molecule has 1 aliphatic heterocycles. The molecule has 0 radical (unpaired) electrons. The van der Waals surface area contributed by atoms with Crippen LogP contribution in [0, 0.1) is 0 Å². The van der Waals surface area contributed by atoms with E-state index in [4.69, 9.17) is 16.3 Å². The van der Waals surface area contributed by atoms with Crippen molar-refractivity contribution in [1.82, 2.24) is 14.9 Å². The second kappa shape index (κ2) is 7.80. The van der Waals surface area contributed by atoms with Crippen LogP contribution in [0.1, 0.15) is 5.56 Å². The van der Waals surface area contributed by atoms with Crippen LogP contribution in [0.3, 0.4) is 0 Å². The van der Waals surface area contributed by atoms with Crippen LogP contribution >= 0.6 is 11.6 Å². The van der Waals surface area contributed by atoms with E-state index in [2.05, 4.69) is 14.9 Å². The van der Waals surface area contributed by atoms with E-state index in [0.29, 0.717) is 37.1 Å². The average Bonchev–Trinajstić information content (AvgIpc) is 2.72. The van der Waals surface area contributed by atoms with Crippen LogP contribution in [0.25, 0.3) is 11.0 Å². The van der Waals surface area contributed by atoms with E-state index in [0.717, 1.165) is 16.6 Å². The maximum Gasteiger partial charge on any atom is 0.410 e. The third kappa shape index (κ3) is 3.95. The summed E-state index contributed by atoms with van der Waals surface area (Å²) in [5, 5.41) is 0.383. The number of carbonyl (C=O) groups is 1. The highest BCUT2D eigenvalue weighted by atomic mass is 35.5. The zero-order valence-corrected chi connectivity index (χ0v) is 15.5. The number of fused-ring (bicyclic) bond motifs is 1. The fourth-order valence-electron chi connectivity index (χ4n) is 3.08. The molecule has 0 bridgehead atoms. The minimum absolute atomic E-state index is 0.280. The number of ether oxygens (including phenoxy) is 1. The molecule has 1 amide bonds. The van der Waals surface area contributed by atoms with E-state index in [9.17, 15) is 4.79 Å². The molecule has 1 fully saturated rings. The maximum atomic E-state index is 12.3.